The molecule has 1 heterocycles. The van der Waals surface area contributed by atoms with E-state index in [-0.39, 0.29) is 0 Å². The molecular formula is C12H7ClN2O. The van der Waals surface area contributed by atoms with E-state index in [1.807, 2.05) is 6.07 Å². The fraction of sp³-hybridized carbons (Fsp3) is 0. The first kappa shape index (κ1) is 10.5. The molecule has 0 fully saturated rings. The summed E-state index contributed by atoms with van der Waals surface area (Å²) in [6.07, 6.45) is 3.22. The molecule has 4 heteroatoms. The molecule has 2 rings (SSSR count). The molecule has 0 unspecified atom stereocenters. The van der Waals surface area contributed by atoms with Crippen molar-refractivity contribution in [3.63, 3.8) is 0 Å². The second kappa shape index (κ2) is 4.65. The number of aromatic nitrogens is 1. The van der Waals surface area contributed by atoms with Crippen molar-refractivity contribution in [2.45, 2.75) is 0 Å². The van der Waals surface area contributed by atoms with Crippen molar-refractivity contribution in [1.82, 2.24) is 4.98 Å². The minimum Gasteiger partial charge on any atom is -0.454 e. The summed E-state index contributed by atoms with van der Waals surface area (Å²) in [5.41, 5.74) is 0.438. The normalized spacial score (nSPS) is 9.50. The molecule has 0 radical (unpaired) electrons. The van der Waals surface area contributed by atoms with Crippen molar-refractivity contribution < 1.29 is 4.74 Å². The third-order valence-electron chi connectivity index (χ3n) is 1.93. The lowest BCUT2D eigenvalue weighted by molar-refractivity contribution is 0.479. The molecule has 0 spiro atoms. The van der Waals surface area contributed by atoms with Gasteiger partial charge in [0.25, 0.3) is 0 Å². The summed E-state index contributed by atoms with van der Waals surface area (Å²) >= 11 is 5.83. The van der Waals surface area contributed by atoms with Gasteiger partial charge in [0.2, 0.25) is 0 Å². The number of halogens is 1. The van der Waals surface area contributed by atoms with Crippen LogP contribution in [0.15, 0.2) is 42.7 Å². The Labute approximate surface area is 97.9 Å². The Morgan fingerprint density at radius 1 is 1.31 bits per heavy atom. The van der Waals surface area contributed by atoms with E-state index in [4.69, 9.17) is 21.6 Å². The Hall–Kier alpha value is -2.05. The first-order chi connectivity index (χ1) is 7.79. The average molecular weight is 231 g/mol. The van der Waals surface area contributed by atoms with Crippen LogP contribution in [-0.2, 0) is 0 Å². The van der Waals surface area contributed by atoms with E-state index >= 15 is 0 Å². The monoisotopic (exact) mass is 230 g/mol. The smallest absolute Gasteiger partial charge is 0.146 e. The number of ether oxygens (including phenoxy) is 1. The van der Waals surface area contributed by atoms with Gasteiger partial charge in [0.05, 0.1) is 11.8 Å². The third kappa shape index (κ3) is 2.30. The van der Waals surface area contributed by atoms with E-state index in [0.717, 1.165) is 0 Å². The quantitative estimate of drug-likeness (QED) is 0.794. The van der Waals surface area contributed by atoms with Crippen LogP contribution in [0, 0.1) is 11.3 Å². The summed E-state index contributed by atoms with van der Waals surface area (Å²) in [7, 11) is 0. The number of nitrogens with zero attached hydrogens (tertiary/aromatic N) is 2. The second-order valence-corrected chi connectivity index (χ2v) is 3.48. The van der Waals surface area contributed by atoms with E-state index in [9.17, 15) is 0 Å². The van der Waals surface area contributed by atoms with Crippen LogP contribution in [0.5, 0.6) is 11.5 Å². The molecule has 0 saturated carbocycles. The van der Waals surface area contributed by atoms with Crippen LogP contribution >= 0.6 is 11.6 Å². The molecule has 0 bridgehead atoms. The maximum absolute atomic E-state index is 8.90. The summed E-state index contributed by atoms with van der Waals surface area (Å²) < 4.78 is 5.51. The van der Waals surface area contributed by atoms with Crippen molar-refractivity contribution in [3.05, 3.63) is 53.3 Å². The Bertz CT molecular complexity index is 534. The lowest BCUT2D eigenvalue weighted by Crippen LogP contribution is -1.88. The summed E-state index contributed by atoms with van der Waals surface area (Å²) in [6, 6.07) is 10.4. The zero-order valence-electron chi connectivity index (χ0n) is 8.22. The standard InChI is InChI=1S/C12H7ClN2O/c13-10-4-3-9(7-14)12(6-10)16-11-2-1-5-15-8-11/h1-6,8H. The van der Waals surface area contributed by atoms with Gasteiger partial charge in [0.15, 0.2) is 0 Å². The lowest BCUT2D eigenvalue weighted by Gasteiger charge is -2.06. The Morgan fingerprint density at radius 3 is 2.88 bits per heavy atom. The van der Waals surface area contributed by atoms with E-state index in [1.54, 1.807) is 42.7 Å². The van der Waals surface area contributed by atoms with Crippen LogP contribution < -0.4 is 4.74 Å². The fourth-order valence-electron chi connectivity index (χ4n) is 1.21. The van der Waals surface area contributed by atoms with Gasteiger partial charge < -0.3 is 4.74 Å². The largest absolute Gasteiger partial charge is 0.454 e. The number of hydrogen-bond acceptors (Lipinski definition) is 3. The highest BCUT2D eigenvalue weighted by Gasteiger charge is 2.05. The van der Waals surface area contributed by atoms with Crippen LogP contribution in [-0.4, -0.2) is 4.98 Å². The zero-order chi connectivity index (χ0) is 11.4. The third-order valence-corrected chi connectivity index (χ3v) is 2.16. The van der Waals surface area contributed by atoms with Gasteiger partial charge in [-0.1, -0.05) is 11.6 Å². The number of benzene rings is 1. The number of rotatable bonds is 2. The zero-order valence-corrected chi connectivity index (χ0v) is 8.98. The lowest BCUT2D eigenvalue weighted by atomic mass is 10.2. The summed E-state index contributed by atoms with van der Waals surface area (Å²) in [5, 5.41) is 9.42. The second-order valence-electron chi connectivity index (χ2n) is 3.04. The van der Waals surface area contributed by atoms with Gasteiger partial charge in [0.1, 0.15) is 17.6 Å². The molecule has 0 saturated heterocycles. The van der Waals surface area contributed by atoms with Gasteiger partial charge in [-0.05, 0) is 24.3 Å². The van der Waals surface area contributed by atoms with Crippen LogP contribution in [0.25, 0.3) is 0 Å². The summed E-state index contributed by atoms with van der Waals surface area (Å²) in [6.45, 7) is 0. The first-order valence-corrected chi connectivity index (χ1v) is 4.95. The summed E-state index contributed by atoms with van der Waals surface area (Å²) in [5.74, 6) is 1.00. The average Bonchev–Trinajstić information content (AvgIpc) is 2.31. The van der Waals surface area contributed by atoms with Crippen molar-refractivity contribution >= 4 is 11.6 Å². The fourth-order valence-corrected chi connectivity index (χ4v) is 1.37. The van der Waals surface area contributed by atoms with Crippen molar-refractivity contribution in [2.75, 3.05) is 0 Å². The van der Waals surface area contributed by atoms with E-state index in [2.05, 4.69) is 4.98 Å². The molecule has 0 aliphatic heterocycles. The Kier molecular flexibility index (Phi) is 3.04. The molecule has 0 aliphatic rings. The van der Waals surface area contributed by atoms with Gasteiger partial charge in [0, 0.05) is 17.3 Å². The molecule has 3 nitrogen and oxygen atoms in total. The van der Waals surface area contributed by atoms with Crippen LogP contribution in [0.2, 0.25) is 5.02 Å². The first-order valence-electron chi connectivity index (χ1n) is 4.57. The maximum atomic E-state index is 8.90. The molecule has 78 valence electrons. The molecular weight excluding hydrogens is 224 g/mol. The van der Waals surface area contributed by atoms with Crippen molar-refractivity contribution in [3.8, 4) is 17.6 Å². The van der Waals surface area contributed by atoms with Gasteiger partial charge in [-0.3, -0.25) is 4.98 Å². The van der Waals surface area contributed by atoms with Gasteiger partial charge in [-0.2, -0.15) is 5.26 Å². The number of pyridine rings is 1. The van der Waals surface area contributed by atoms with Gasteiger partial charge in [-0.15, -0.1) is 0 Å². The molecule has 0 amide bonds. The molecule has 1 aromatic heterocycles. The molecule has 2 aromatic rings. The Balaban J connectivity index is 2.35. The minimum atomic E-state index is 0.433. The minimum absolute atomic E-state index is 0.433. The van der Waals surface area contributed by atoms with E-state index in [0.29, 0.717) is 22.1 Å². The van der Waals surface area contributed by atoms with Crippen LogP contribution in [0.1, 0.15) is 5.56 Å². The van der Waals surface area contributed by atoms with Crippen LogP contribution in [0.3, 0.4) is 0 Å². The highest BCUT2D eigenvalue weighted by Crippen LogP contribution is 2.27. The highest BCUT2D eigenvalue weighted by atomic mass is 35.5. The molecule has 0 N–H and O–H groups in total. The van der Waals surface area contributed by atoms with Gasteiger partial charge in [-0.25, -0.2) is 0 Å². The molecule has 0 atom stereocenters. The van der Waals surface area contributed by atoms with Gasteiger partial charge >= 0.3 is 0 Å². The van der Waals surface area contributed by atoms with E-state index < -0.39 is 0 Å². The summed E-state index contributed by atoms with van der Waals surface area (Å²) in [4.78, 5) is 3.92. The van der Waals surface area contributed by atoms with Crippen molar-refractivity contribution in [1.29, 1.82) is 5.26 Å². The number of hydrogen-bond donors (Lipinski definition) is 0. The predicted molar refractivity (Wildman–Crippen MR) is 60.5 cm³/mol. The van der Waals surface area contributed by atoms with Crippen molar-refractivity contribution in [2.24, 2.45) is 0 Å². The van der Waals surface area contributed by atoms with E-state index in [1.165, 1.54) is 0 Å². The maximum Gasteiger partial charge on any atom is 0.146 e. The number of nitriles is 1. The SMILES string of the molecule is N#Cc1ccc(Cl)cc1Oc1cccnc1. The van der Waals surface area contributed by atoms with Crippen LogP contribution in [0.4, 0.5) is 0 Å². The Morgan fingerprint density at radius 2 is 2.19 bits per heavy atom. The predicted octanol–water partition coefficient (Wildman–Crippen LogP) is 3.40. The molecule has 0 aliphatic carbocycles. The topological polar surface area (TPSA) is 45.9 Å². The highest BCUT2D eigenvalue weighted by molar-refractivity contribution is 6.30. The molecule has 16 heavy (non-hydrogen) atoms. The molecule has 1 aromatic carbocycles.